The number of nitrogens with one attached hydrogen (secondary N) is 2. The lowest BCUT2D eigenvalue weighted by Crippen LogP contribution is -2.27. The Morgan fingerprint density at radius 1 is 1.25 bits per heavy atom. The molecule has 0 aliphatic carbocycles. The fourth-order valence-electron chi connectivity index (χ4n) is 2.71. The minimum absolute atomic E-state index is 0.145. The van der Waals surface area contributed by atoms with Crippen molar-refractivity contribution in [3.8, 4) is 0 Å². The lowest BCUT2D eigenvalue weighted by molar-refractivity contribution is 0.0940. The number of carbonyl (C=O) groups excluding carboxylic acids is 1. The Bertz CT molecular complexity index is 900. The van der Waals surface area contributed by atoms with Crippen LogP contribution in [0.15, 0.2) is 24.3 Å². The molecule has 6 nitrogen and oxygen atoms in total. The van der Waals surface area contributed by atoms with Crippen LogP contribution in [0.4, 0.5) is 0 Å². The normalized spacial score (nSPS) is 12.3. The van der Waals surface area contributed by atoms with Gasteiger partial charge in [0.1, 0.15) is 5.82 Å². The van der Waals surface area contributed by atoms with Crippen LogP contribution < -0.4 is 5.32 Å². The van der Waals surface area contributed by atoms with Crippen molar-refractivity contribution in [3.63, 3.8) is 0 Å². The molecule has 3 aromatic rings. The number of aromatic amines is 1. The fraction of sp³-hybridized carbons (Fsp3) is 0.333. The SMILES string of the molecule is CCc1ccc2nc(C)cc(C(=O)N[C@H](C)c3n[nH]c(C)n3)c2c1. The highest BCUT2D eigenvalue weighted by Gasteiger charge is 2.17. The van der Waals surface area contributed by atoms with E-state index in [1.807, 2.05) is 39.0 Å². The van der Waals surface area contributed by atoms with Crippen molar-refractivity contribution in [2.24, 2.45) is 0 Å². The first-order valence-electron chi connectivity index (χ1n) is 8.08. The Morgan fingerprint density at radius 2 is 2.04 bits per heavy atom. The Kier molecular flexibility index (Phi) is 4.29. The number of amides is 1. The summed E-state index contributed by atoms with van der Waals surface area (Å²) in [6.45, 7) is 7.69. The number of hydrogen-bond acceptors (Lipinski definition) is 4. The van der Waals surface area contributed by atoms with E-state index in [1.165, 1.54) is 5.56 Å². The summed E-state index contributed by atoms with van der Waals surface area (Å²) in [6.07, 6.45) is 0.914. The molecule has 124 valence electrons. The van der Waals surface area contributed by atoms with Crippen molar-refractivity contribution in [1.29, 1.82) is 0 Å². The molecule has 1 amide bonds. The van der Waals surface area contributed by atoms with E-state index in [0.29, 0.717) is 11.4 Å². The van der Waals surface area contributed by atoms with E-state index in [1.54, 1.807) is 0 Å². The molecular weight excluding hydrogens is 302 g/mol. The number of aryl methyl sites for hydroxylation is 3. The van der Waals surface area contributed by atoms with Crippen LogP contribution in [0, 0.1) is 13.8 Å². The van der Waals surface area contributed by atoms with E-state index in [0.717, 1.165) is 28.8 Å². The molecule has 0 aliphatic heterocycles. The summed E-state index contributed by atoms with van der Waals surface area (Å²) in [4.78, 5) is 21.6. The molecule has 0 saturated heterocycles. The van der Waals surface area contributed by atoms with Crippen LogP contribution in [-0.2, 0) is 6.42 Å². The molecule has 3 rings (SSSR count). The molecule has 0 bridgehead atoms. The largest absolute Gasteiger partial charge is 0.342 e. The van der Waals surface area contributed by atoms with Gasteiger partial charge in [0.05, 0.1) is 17.1 Å². The van der Waals surface area contributed by atoms with Crippen LogP contribution in [0.5, 0.6) is 0 Å². The average Bonchev–Trinajstić information content (AvgIpc) is 3.00. The van der Waals surface area contributed by atoms with Gasteiger partial charge < -0.3 is 5.32 Å². The highest BCUT2D eigenvalue weighted by molar-refractivity contribution is 6.06. The van der Waals surface area contributed by atoms with E-state index in [4.69, 9.17) is 0 Å². The molecule has 2 heterocycles. The molecule has 2 N–H and O–H groups in total. The van der Waals surface area contributed by atoms with Crippen LogP contribution in [0.1, 0.15) is 53.2 Å². The van der Waals surface area contributed by atoms with E-state index >= 15 is 0 Å². The van der Waals surface area contributed by atoms with E-state index in [9.17, 15) is 4.79 Å². The molecule has 0 spiro atoms. The average molecular weight is 323 g/mol. The third-order valence-electron chi connectivity index (χ3n) is 4.00. The van der Waals surface area contributed by atoms with Gasteiger partial charge in [0.15, 0.2) is 5.82 Å². The third kappa shape index (κ3) is 3.13. The van der Waals surface area contributed by atoms with Crippen molar-refractivity contribution in [2.75, 3.05) is 0 Å². The van der Waals surface area contributed by atoms with E-state index < -0.39 is 0 Å². The minimum Gasteiger partial charge on any atom is -0.342 e. The van der Waals surface area contributed by atoms with E-state index in [-0.39, 0.29) is 11.9 Å². The lowest BCUT2D eigenvalue weighted by Gasteiger charge is -2.13. The first-order chi connectivity index (χ1) is 11.5. The summed E-state index contributed by atoms with van der Waals surface area (Å²) in [5, 5.41) is 10.7. The second kappa shape index (κ2) is 6.39. The van der Waals surface area contributed by atoms with Gasteiger partial charge in [-0.05, 0) is 51.0 Å². The molecule has 0 fully saturated rings. The fourth-order valence-corrected chi connectivity index (χ4v) is 2.71. The predicted molar refractivity (Wildman–Crippen MR) is 92.9 cm³/mol. The maximum absolute atomic E-state index is 12.8. The van der Waals surface area contributed by atoms with Crippen molar-refractivity contribution < 1.29 is 4.79 Å². The Hall–Kier alpha value is -2.76. The molecule has 0 unspecified atom stereocenters. The Morgan fingerprint density at radius 3 is 2.71 bits per heavy atom. The van der Waals surface area contributed by atoms with Crippen molar-refractivity contribution in [1.82, 2.24) is 25.5 Å². The number of carbonyl (C=O) groups is 1. The second-order valence-corrected chi connectivity index (χ2v) is 5.99. The molecule has 24 heavy (non-hydrogen) atoms. The van der Waals surface area contributed by atoms with Crippen LogP contribution in [-0.4, -0.2) is 26.1 Å². The molecule has 6 heteroatoms. The number of fused-ring (bicyclic) bond motifs is 1. The topological polar surface area (TPSA) is 83.6 Å². The zero-order valence-electron chi connectivity index (χ0n) is 14.3. The number of aromatic nitrogens is 4. The van der Waals surface area contributed by atoms with Gasteiger partial charge >= 0.3 is 0 Å². The lowest BCUT2D eigenvalue weighted by atomic mass is 10.0. The van der Waals surface area contributed by atoms with Gasteiger partial charge in [0.2, 0.25) is 0 Å². The monoisotopic (exact) mass is 323 g/mol. The minimum atomic E-state index is -0.277. The number of benzene rings is 1. The maximum Gasteiger partial charge on any atom is 0.252 e. The van der Waals surface area contributed by atoms with Gasteiger partial charge in [-0.15, -0.1) is 0 Å². The number of hydrogen-bond donors (Lipinski definition) is 2. The molecule has 0 saturated carbocycles. The summed E-state index contributed by atoms with van der Waals surface area (Å²) in [7, 11) is 0. The highest BCUT2D eigenvalue weighted by Crippen LogP contribution is 2.21. The standard InChI is InChI=1S/C18H21N5O/c1-5-13-6-7-16-14(9-13)15(8-10(2)19-16)18(24)20-11(3)17-21-12(4)22-23-17/h6-9,11H,5H2,1-4H3,(H,20,24)(H,21,22,23)/t11-/m1/s1. The van der Waals surface area contributed by atoms with Gasteiger partial charge in [-0.25, -0.2) is 4.98 Å². The quantitative estimate of drug-likeness (QED) is 0.773. The molecular formula is C18H21N5O. The van der Waals surface area contributed by atoms with Crippen molar-refractivity contribution in [3.05, 3.63) is 52.7 Å². The van der Waals surface area contributed by atoms with E-state index in [2.05, 4.69) is 38.5 Å². The highest BCUT2D eigenvalue weighted by atomic mass is 16.1. The summed E-state index contributed by atoms with van der Waals surface area (Å²) in [5.74, 6) is 1.16. The van der Waals surface area contributed by atoms with Crippen molar-refractivity contribution >= 4 is 16.8 Å². The Balaban J connectivity index is 1.96. The zero-order valence-corrected chi connectivity index (χ0v) is 14.3. The number of rotatable bonds is 4. The first kappa shape index (κ1) is 16.1. The number of H-pyrrole nitrogens is 1. The van der Waals surface area contributed by atoms with Crippen LogP contribution >= 0.6 is 0 Å². The summed E-state index contributed by atoms with van der Waals surface area (Å²) >= 11 is 0. The summed E-state index contributed by atoms with van der Waals surface area (Å²) < 4.78 is 0. The number of nitrogens with zero attached hydrogens (tertiary/aromatic N) is 3. The van der Waals surface area contributed by atoms with Crippen LogP contribution in [0.2, 0.25) is 0 Å². The molecule has 2 aromatic heterocycles. The molecule has 1 aromatic carbocycles. The summed E-state index contributed by atoms with van der Waals surface area (Å²) in [6, 6.07) is 7.61. The Labute approximate surface area is 140 Å². The second-order valence-electron chi connectivity index (χ2n) is 5.99. The van der Waals surface area contributed by atoms with Gasteiger partial charge in [0, 0.05) is 11.1 Å². The number of pyridine rings is 1. The van der Waals surface area contributed by atoms with Gasteiger partial charge in [-0.3, -0.25) is 14.9 Å². The molecule has 0 radical (unpaired) electrons. The predicted octanol–water partition coefficient (Wildman–Crippen LogP) is 3.02. The smallest absolute Gasteiger partial charge is 0.252 e. The van der Waals surface area contributed by atoms with Gasteiger partial charge in [0.25, 0.3) is 5.91 Å². The maximum atomic E-state index is 12.8. The third-order valence-corrected chi connectivity index (χ3v) is 4.00. The van der Waals surface area contributed by atoms with Crippen molar-refractivity contribution in [2.45, 2.75) is 40.2 Å². The zero-order chi connectivity index (χ0) is 17.3. The van der Waals surface area contributed by atoms with Crippen LogP contribution in [0.3, 0.4) is 0 Å². The van der Waals surface area contributed by atoms with Crippen LogP contribution in [0.25, 0.3) is 10.9 Å². The van der Waals surface area contributed by atoms with Gasteiger partial charge in [-0.2, -0.15) is 5.10 Å². The summed E-state index contributed by atoms with van der Waals surface area (Å²) in [5.41, 5.74) is 3.46. The molecule has 0 aliphatic rings. The van der Waals surface area contributed by atoms with Gasteiger partial charge in [-0.1, -0.05) is 13.0 Å². The molecule has 1 atom stereocenters. The first-order valence-corrected chi connectivity index (χ1v) is 8.08.